The normalized spacial score (nSPS) is 35.1. The second kappa shape index (κ2) is 3.08. The van der Waals surface area contributed by atoms with Crippen molar-refractivity contribution in [3.05, 3.63) is 0 Å². The first-order valence-electron chi connectivity index (χ1n) is 4.92. The molecule has 2 unspecified atom stereocenters. The highest BCUT2D eigenvalue weighted by atomic mass is 32.2. The molecule has 6 nitrogen and oxygen atoms in total. The molecule has 2 atom stereocenters. The van der Waals surface area contributed by atoms with Gasteiger partial charge in [-0.05, 0) is 26.1 Å². The molecular weight excluding hydrogens is 246 g/mol. The van der Waals surface area contributed by atoms with E-state index < -0.39 is 4.75 Å². The van der Waals surface area contributed by atoms with Gasteiger partial charge in [-0.25, -0.2) is 10.0 Å². The predicted octanol–water partition coefficient (Wildman–Crippen LogP) is -0.656. The standard InChI is InChI=1S/C8H11N5OS2/c1-8(2)5(14)13-7(16-8)11-3-4(12-13)10-6(15)9-3/h3-4,12H,1-2H3,(H2,9,10,15). The first-order chi connectivity index (χ1) is 7.47. The zero-order valence-electron chi connectivity index (χ0n) is 8.77. The lowest BCUT2D eigenvalue weighted by molar-refractivity contribution is -0.131. The molecule has 86 valence electrons. The lowest BCUT2D eigenvalue weighted by atomic mass is 10.2. The molecule has 0 aromatic heterocycles. The van der Waals surface area contributed by atoms with Crippen molar-refractivity contribution in [2.45, 2.75) is 30.9 Å². The smallest absolute Gasteiger partial charge is 0.259 e. The van der Waals surface area contributed by atoms with Crippen molar-refractivity contribution in [1.29, 1.82) is 0 Å². The van der Waals surface area contributed by atoms with Crippen molar-refractivity contribution in [3.8, 4) is 0 Å². The van der Waals surface area contributed by atoms with Crippen molar-refractivity contribution >= 4 is 40.2 Å². The Morgan fingerprint density at radius 2 is 2.25 bits per heavy atom. The zero-order valence-corrected chi connectivity index (χ0v) is 10.4. The molecule has 1 amide bonds. The van der Waals surface area contributed by atoms with Crippen LogP contribution in [0.5, 0.6) is 0 Å². The van der Waals surface area contributed by atoms with E-state index in [-0.39, 0.29) is 18.2 Å². The minimum Gasteiger partial charge on any atom is -0.342 e. The minimum atomic E-state index is -0.453. The monoisotopic (exact) mass is 257 g/mol. The average molecular weight is 257 g/mol. The van der Waals surface area contributed by atoms with Crippen LogP contribution in [0.2, 0.25) is 0 Å². The van der Waals surface area contributed by atoms with Gasteiger partial charge in [-0.2, -0.15) is 5.43 Å². The number of aliphatic imine (C=N–C) groups is 1. The summed E-state index contributed by atoms with van der Waals surface area (Å²) in [6.07, 6.45) is -0.275. The minimum absolute atomic E-state index is 0.0225. The summed E-state index contributed by atoms with van der Waals surface area (Å²) in [6.45, 7) is 3.79. The maximum absolute atomic E-state index is 12.0. The highest BCUT2D eigenvalue weighted by Gasteiger charge is 2.49. The zero-order chi connectivity index (χ0) is 11.5. The third kappa shape index (κ3) is 1.33. The van der Waals surface area contributed by atoms with Crippen LogP contribution in [0.4, 0.5) is 0 Å². The maximum Gasteiger partial charge on any atom is 0.259 e. The number of amides is 1. The number of amidine groups is 1. The summed E-state index contributed by atoms with van der Waals surface area (Å²) in [4.78, 5) is 16.5. The fourth-order valence-corrected chi connectivity index (χ4v) is 3.09. The Kier molecular flexibility index (Phi) is 1.99. The van der Waals surface area contributed by atoms with Gasteiger partial charge in [0, 0.05) is 0 Å². The van der Waals surface area contributed by atoms with E-state index >= 15 is 0 Å². The Morgan fingerprint density at radius 3 is 3.00 bits per heavy atom. The fourth-order valence-electron chi connectivity index (χ4n) is 1.82. The van der Waals surface area contributed by atoms with E-state index in [0.29, 0.717) is 10.3 Å². The van der Waals surface area contributed by atoms with Crippen LogP contribution >= 0.6 is 24.0 Å². The largest absolute Gasteiger partial charge is 0.342 e. The summed E-state index contributed by atoms with van der Waals surface area (Å²) in [6, 6.07) is 0. The van der Waals surface area contributed by atoms with Crippen molar-refractivity contribution < 1.29 is 4.79 Å². The van der Waals surface area contributed by atoms with Gasteiger partial charge in [0.2, 0.25) is 0 Å². The molecule has 16 heavy (non-hydrogen) atoms. The maximum atomic E-state index is 12.0. The number of thiocarbonyl (C=S) groups is 1. The van der Waals surface area contributed by atoms with Crippen molar-refractivity contribution in [2.75, 3.05) is 0 Å². The topological polar surface area (TPSA) is 68.8 Å². The number of hydrogen-bond donors (Lipinski definition) is 3. The third-order valence-corrected chi connectivity index (χ3v) is 4.05. The van der Waals surface area contributed by atoms with Gasteiger partial charge in [0.05, 0.1) is 4.75 Å². The molecule has 0 bridgehead atoms. The summed E-state index contributed by atoms with van der Waals surface area (Å²) in [5.74, 6) is 0.0225. The van der Waals surface area contributed by atoms with Gasteiger partial charge in [-0.15, -0.1) is 0 Å². The Morgan fingerprint density at radius 1 is 1.50 bits per heavy atom. The molecule has 2 fully saturated rings. The highest BCUT2D eigenvalue weighted by Crippen LogP contribution is 2.37. The Bertz CT molecular complexity index is 421. The van der Waals surface area contributed by atoms with Gasteiger partial charge >= 0.3 is 0 Å². The van der Waals surface area contributed by atoms with Gasteiger partial charge in [0.1, 0.15) is 6.17 Å². The van der Waals surface area contributed by atoms with Crippen LogP contribution in [0.15, 0.2) is 4.99 Å². The molecule has 8 heteroatoms. The van der Waals surface area contributed by atoms with Crippen LogP contribution in [0.1, 0.15) is 13.8 Å². The summed E-state index contributed by atoms with van der Waals surface area (Å²) < 4.78 is -0.453. The molecule has 3 heterocycles. The molecule has 0 aromatic carbocycles. The second-order valence-corrected chi connectivity index (χ2v) is 6.33. The van der Waals surface area contributed by atoms with E-state index in [9.17, 15) is 4.79 Å². The number of carbonyl (C=O) groups is 1. The number of nitrogens with zero attached hydrogens (tertiary/aromatic N) is 2. The van der Waals surface area contributed by atoms with Crippen LogP contribution in [-0.2, 0) is 4.79 Å². The molecule has 0 aromatic rings. The predicted molar refractivity (Wildman–Crippen MR) is 65.5 cm³/mol. The van der Waals surface area contributed by atoms with Crippen LogP contribution in [-0.4, -0.2) is 38.3 Å². The van der Waals surface area contributed by atoms with E-state index in [1.54, 1.807) is 0 Å². The molecular formula is C8H11N5OS2. The van der Waals surface area contributed by atoms with Crippen molar-refractivity contribution in [1.82, 2.24) is 21.1 Å². The van der Waals surface area contributed by atoms with Crippen LogP contribution in [0.25, 0.3) is 0 Å². The number of hydrazine groups is 1. The van der Waals surface area contributed by atoms with Crippen molar-refractivity contribution in [3.63, 3.8) is 0 Å². The van der Waals surface area contributed by atoms with Gasteiger partial charge in [-0.1, -0.05) is 11.8 Å². The van der Waals surface area contributed by atoms with E-state index in [1.807, 2.05) is 13.8 Å². The highest BCUT2D eigenvalue weighted by molar-refractivity contribution is 8.16. The number of fused-ring (bicyclic) bond motifs is 2. The molecule has 0 spiro atoms. The summed E-state index contributed by atoms with van der Waals surface area (Å²) >= 11 is 6.46. The molecule has 0 aliphatic carbocycles. The van der Waals surface area contributed by atoms with Crippen molar-refractivity contribution in [2.24, 2.45) is 4.99 Å². The lowest BCUT2D eigenvalue weighted by Gasteiger charge is -2.29. The van der Waals surface area contributed by atoms with E-state index in [4.69, 9.17) is 12.2 Å². The molecule has 2 saturated heterocycles. The van der Waals surface area contributed by atoms with Crippen LogP contribution in [0, 0.1) is 0 Å². The number of nitrogens with one attached hydrogen (secondary N) is 3. The second-order valence-electron chi connectivity index (χ2n) is 4.33. The van der Waals surface area contributed by atoms with Gasteiger partial charge < -0.3 is 10.6 Å². The fraction of sp³-hybridized carbons (Fsp3) is 0.625. The van der Waals surface area contributed by atoms with E-state index in [2.05, 4.69) is 21.1 Å². The first kappa shape index (κ1) is 10.3. The molecule has 3 aliphatic heterocycles. The number of rotatable bonds is 0. The Labute approximate surface area is 102 Å². The number of hydrogen-bond acceptors (Lipinski definition) is 5. The Balaban J connectivity index is 1.93. The van der Waals surface area contributed by atoms with Crippen LogP contribution < -0.4 is 16.1 Å². The summed E-state index contributed by atoms with van der Waals surface area (Å²) in [5.41, 5.74) is 3.08. The average Bonchev–Trinajstić information content (AvgIpc) is 2.62. The molecule has 3 aliphatic rings. The third-order valence-electron chi connectivity index (χ3n) is 2.65. The number of thioether (sulfide) groups is 1. The molecule has 0 radical (unpaired) electrons. The van der Waals surface area contributed by atoms with Gasteiger partial charge in [0.25, 0.3) is 5.91 Å². The summed E-state index contributed by atoms with van der Waals surface area (Å²) in [5, 5.41) is 8.82. The lowest BCUT2D eigenvalue weighted by Crippen LogP contribution is -2.59. The molecule has 3 N–H and O–H groups in total. The first-order valence-corrected chi connectivity index (χ1v) is 6.14. The van der Waals surface area contributed by atoms with E-state index in [0.717, 1.165) is 0 Å². The molecule has 3 rings (SSSR count). The van der Waals surface area contributed by atoms with E-state index in [1.165, 1.54) is 16.8 Å². The quantitative estimate of drug-likeness (QED) is 0.501. The Hall–Kier alpha value is -0.860. The number of carbonyl (C=O) groups excluding carboxylic acids is 1. The molecule has 0 saturated carbocycles. The van der Waals surface area contributed by atoms with Gasteiger partial charge in [-0.3, -0.25) is 4.79 Å². The van der Waals surface area contributed by atoms with Gasteiger partial charge in [0.15, 0.2) is 16.4 Å². The summed E-state index contributed by atoms with van der Waals surface area (Å²) in [7, 11) is 0. The van der Waals surface area contributed by atoms with Crippen LogP contribution in [0.3, 0.4) is 0 Å². The SMILES string of the molecule is CC1(C)SC2=NC3NC(=S)NC3NN2C1=O.